The van der Waals surface area contributed by atoms with Gasteiger partial charge in [0.25, 0.3) is 5.91 Å². The molecule has 0 aliphatic heterocycles. The van der Waals surface area contributed by atoms with Gasteiger partial charge in [0.05, 0.1) is 0 Å². The van der Waals surface area contributed by atoms with Gasteiger partial charge in [-0.15, -0.1) is 0 Å². The molecular weight excluding hydrogens is 216 g/mol. The summed E-state index contributed by atoms with van der Waals surface area (Å²) in [6, 6.07) is 7.03. The standard InChI is InChI=1S/C13H18N2O2/c1-4-9(2)14-13(17)11-6-5-7-12(8-11)15-10(3)16/h5-9H,4H2,1-3H3,(H,14,17)(H,15,16). The first-order valence-electron chi connectivity index (χ1n) is 5.71. The van der Waals surface area contributed by atoms with Gasteiger partial charge in [-0.05, 0) is 31.5 Å². The molecule has 2 N–H and O–H groups in total. The minimum Gasteiger partial charge on any atom is -0.350 e. The van der Waals surface area contributed by atoms with E-state index in [0.29, 0.717) is 11.3 Å². The third-order valence-electron chi connectivity index (χ3n) is 2.43. The van der Waals surface area contributed by atoms with Gasteiger partial charge in [-0.25, -0.2) is 0 Å². The Morgan fingerprint density at radius 3 is 2.65 bits per heavy atom. The molecular formula is C13H18N2O2. The summed E-state index contributed by atoms with van der Waals surface area (Å²) in [7, 11) is 0. The van der Waals surface area contributed by atoms with Gasteiger partial charge in [0, 0.05) is 24.2 Å². The minimum atomic E-state index is -0.149. The number of carbonyl (C=O) groups excluding carboxylic acids is 2. The molecule has 4 nitrogen and oxygen atoms in total. The smallest absolute Gasteiger partial charge is 0.251 e. The lowest BCUT2D eigenvalue weighted by molar-refractivity contribution is -0.114. The molecule has 0 saturated heterocycles. The van der Waals surface area contributed by atoms with E-state index in [1.807, 2.05) is 13.8 Å². The summed E-state index contributed by atoms with van der Waals surface area (Å²) in [4.78, 5) is 22.7. The summed E-state index contributed by atoms with van der Waals surface area (Å²) in [6.07, 6.45) is 0.886. The van der Waals surface area contributed by atoms with Crippen LogP contribution in [0.25, 0.3) is 0 Å². The van der Waals surface area contributed by atoms with Gasteiger partial charge in [0.2, 0.25) is 5.91 Å². The fourth-order valence-electron chi connectivity index (χ4n) is 1.35. The summed E-state index contributed by atoms with van der Waals surface area (Å²) < 4.78 is 0. The lowest BCUT2D eigenvalue weighted by Gasteiger charge is -2.12. The van der Waals surface area contributed by atoms with Crippen molar-refractivity contribution in [3.63, 3.8) is 0 Å². The predicted molar refractivity (Wildman–Crippen MR) is 68.0 cm³/mol. The average Bonchev–Trinajstić information content (AvgIpc) is 2.28. The van der Waals surface area contributed by atoms with Crippen LogP contribution in [0.15, 0.2) is 24.3 Å². The van der Waals surface area contributed by atoms with Crippen molar-refractivity contribution in [2.45, 2.75) is 33.2 Å². The second-order valence-electron chi connectivity index (χ2n) is 4.04. The molecule has 0 radical (unpaired) electrons. The highest BCUT2D eigenvalue weighted by Crippen LogP contribution is 2.10. The van der Waals surface area contributed by atoms with Crippen molar-refractivity contribution in [3.8, 4) is 0 Å². The number of amides is 2. The van der Waals surface area contributed by atoms with Gasteiger partial charge >= 0.3 is 0 Å². The lowest BCUT2D eigenvalue weighted by atomic mass is 10.1. The fourth-order valence-corrected chi connectivity index (χ4v) is 1.35. The number of anilines is 1. The molecule has 0 bridgehead atoms. The molecule has 4 heteroatoms. The Morgan fingerprint density at radius 1 is 1.35 bits per heavy atom. The predicted octanol–water partition coefficient (Wildman–Crippen LogP) is 2.17. The number of hydrogen-bond acceptors (Lipinski definition) is 2. The SMILES string of the molecule is CCC(C)NC(=O)c1cccc(NC(C)=O)c1. The first kappa shape index (κ1) is 13.2. The Balaban J connectivity index is 2.77. The van der Waals surface area contributed by atoms with Crippen LogP contribution in [0.5, 0.6) is 0 Å². The van der Waals surface area contributed by atoms with Crippen molar-refractivity contribution in [2.24, 2.45) is 0 Å². The molecule has 1 unspecified atom stereocenters. The Hall–Kier alpha value is -1.84. The van der Waals surface area contributed by atoms with Crippen molar-refractivity contribution in [1.29, 1.82) is 0 Å². The zero-order valence-corrected chi connectivity index (χ0v) is 10.4. The number of nitrogens with one attached hydrogen (secondary N) is 2. The summed E-state index contributed by atoms with van der Waals surface area (Å²) in [5.74, 6) is -0.268. The van der Waals surface area contributed by atoms with Crippen LogP contribution < -0.4 is 10.6 Å². The van der Waals surface area contributed by atoms with Gasteiger partial charge in [-0.2, -0.15) is 0 Å². The lowest BCUT2D eigenvalue weighted by Crippen LogP contribution is -2.31. The van der Waals surface area contributed by atoms with Gasteiger partial charge in [-0.1, -0.05) is 13.0 Å². The molecule has 2 amide bonds. The van der Waals surface area contributed by atoms with E-state index in [4.69, 9.17) is 0 Å². The minimum absolute atomic E-state index is 0.119. The fraction of sp³-hybridized carbons (Fsp3) is 0.385. The quantitative estimate of drug-likeness (QED) is 0.838. The van der Waals surface area contributed by atoms with Gasteiger partial charge in [0.1, 0.15) is 0 Å². The van der Waals surface area contributed by atoms with Crippen molar-refractivity contribution < 1.29 is 9.59 Å². The Bertz CT molecular complexity index is 416. The largest absolute Gasteiger partial charge is 0.350 e. The molecule has 0 spiro atoms. The topological polar surface area (TPSA) is 58.2 Å². The highest BCUT2D eigenvalue weighted by molar-refractivity contribution is 5.96. The number of rotatable bonds is 4. The zero-order valence-electron chi connectivity index (χ0n) is 10.4. The van der Waals surface area contributed by atoms with E-state index in [0.717, 1.165) is 6.42 Å². The van der Waals surface area contributed by atoms with E-state index in [1.165, 1.54) is 6.92 Å². The monoisotopic (exact) mass is 234 g/mol. The van der Waals surface area contributed by atoms with E-state index >= 15 is 0 Å². The van der Waals surface area contributed by atoms with Gasteiger partial charge in [-0.3, -0.25) is 9.59 Å². The third-order valence-corrected chi connectivity index (χ3v) is 2.43. The maximum absolute atomic E-state index is 11.8. The molecule has 0 aromatic heterocycles. The van der Waals surface area contributed by atoms with Crippen LogP contribution in [-0.4, -0.2) is 17.9 Å². The molecule has 0 saturated carbocycles. The van der Waals surface area contributed by atoms with Crippen LogP contribution >= 0.6 is 0 Å². The Morgan fingerprint density at radius 2 is 2.06 bits per heavy atom. The van der Waals surface area contributed by atoms with E-state index in [1.54, 1.807) is 24.3 Å². The Kier molecular flexibility index (Phi) is 4.69. The molecule has 92 valence electrons. The molecule has 0 heterocycles. The molecule has 1 rings (SSSR count). The van der Waals surface area contributed by atoms with Crippen LogP contribution in [0, 0.1) is 0 Å². The van der Waals surface area contributed by atoms with Crippen LogP contribution in [-0.2, 0) is 4.79 Å². The highest BCUT2D eigenvalue weighted by Gasteiger charge is 2.08. The van der Waals surface area contributed by atoms with Crippen LogP contribution in [0.3, 0.4) is 0 Å². The first-order chi connectivity index (χ1) is 8.02. The van der Waals surface area contributed by atoms with Crippen molar-refractivity contribution >= 4 is 17.5 Å². The summed E-state index contributed by atoms with van der Waals surface area (Å²) in [5, 5.41) is 5.52. The molecule has 1 aromatic rings. The zero-order chi connectivity index (χ0) is 12.8. The molecule has 0 aliphatic carbocycles. The maximum atomic E-state index is 11.8. The maximum Gasteiger partial charge on any atom is 0.251 e. The normalized spacial score (nSPS) is 11.7. The van der Waals surface area contributed by atoms with E-state index in [2.05, 4.69) is 10.6 Å². The summed E-state index contributed by atoms with van der Waals surface area (Å²) in [5.41, 5.74) is 1.19. The number of benzene rings is 1. The van der Waals surface area contributed by atoms with E-state index in [-0.39, 0.29) is 17.9 Å². The molecule has 0 fully saturated rings. The number of hydrogen-bond donors (Lipinski definition) is 2. The van der Waals surface area contributed by atoms with Crippen LogP contribution in [0.1, 0.15) is 37.6 Å². The average molecular weight is 234 g/mol. The molecule has 17 heavy (non-hydrogen) atoms. The first-order valence-corrected chi connectivity index (χ1v) is 5.71. The summed E-state index contributed by atoms with van der Waals surface area (Å²) >= 11 is 0. The highest BCUT2D eigenvalue weighted by atomic mass is 16.2. The van der Waals surface area contributed by atoms with Gasteiger partial charge < -0.3 is 10.6 Å². The van der Waals surface area contributed by atoms with Crippen molar-refractivity contribution in [1.82, 2.24) is 5.32 Å². The number of carbonyl (C=O) groups is 2. The third kappa shape index (κ3) is 4.26. The van der Waals surface area contributed by atoms with E-state index in [9.17, 15) is 9.59 Å². The second kappa shape index (κ2) is 6.03. The van der Waals surface area contributed by atoms with Crippen LogP contribution in [0.4, 0.5) is 5.69 Å². The second-order valence-corrected chi connectivity index (χ2v) is 4.04. The van der Waals surface area contributed by atoms with E-state index < -0.39 is 0 Å². The van der Waals surface area contributed by atoms with Crippen molar-refractivity contribution in [2.75, 3.05) is 5.32 Å². The molecule has 1 aromatic carbocycles. The molecule has 0 aliphatic rings. The van der Waals surface area contributed by atoms with Gasteiger partial charge in [0.15, 0.2) is 0 Å². The molecule has 1 atom stereocenters. The van der Waals surface area contributed by atoms with Crippen molar-refractivity contribution in [3.05, 3.63) is 29.8 Å². The van der Waals surface area contributed by atoms with Crippen LogP contribution in [0.2, 0.25) is 0 Å². The Labute approximate surface area is 101 Å². The summed E-state index contributed by atoms with van der Waals surface area (Å²) in [6.45, 7) is 5.40.